The molecule has 1 heterocycles. The molecule has 1 aromatic heterocycles. The lowest BCUT2D eigenvalue weighted by atomic mass is 9.86. The predicted molar refractivity (Wildman–Crippen MR) is 130 cm³/mol. The van der Waals surface area contributed by atoms with Crippen LogP contribution in [0, 0.1) is 13.8 Å². The summed E-state index contributed by atoms with van der Waals surface area (Å²) in [5, 5.41) is 7.86. The number of esters is 1. The largest absolute Gasteiger partial charge is 0.491 e. The van der Waals surface area contributed by atoms with Gasteiger partial charge in [0.1, 0.15) is 0 Å². The van der Waals surface area contributed by atoms with Crippen LogP contribution < -0.4 is 5.32 Å². The molecule has 2 aromatic carbocycles. The van der Waals surface area contributed by atoms with Crippen molar-refractivity contribution in [2.45, 2.75) is 51.6 Å². The number of ether oxygens (including phenoxy) is 1. The molecule has 36 heavy (non-hydrogen) atoms. The van der Waals surface area contributed by atoms with Crippen LogP contribution >= 0.6 is 23.2 Å². The van der Waals surface area contributed by atoms with Gasteiger partial charge in [-0.05, 0) is 68.7 Å². The first kappa shape index (κ1) is 27.5. The standard InChI is InChI=1S/C25H24Cl2F3N3O3/c1-14-12-15(2)33(32-14)23(36-24(35)25(28,29)30)22(34)31-16(3)21(18-6-10-20(27)11-7-18)13-17-4-8-19(26)9-5-17/h4-12,16,21,23H,13H2,1-3H3,(H,31,34). The molecule has 192 valence electrons. The third-order valence-corrected chi connectivity index (χ3v) is 6.09. The molecule has 0 saturated heterocycles. The molecule has 1 N–H and O–H groups in total. The monoisotopic (exact) mass is 541 g/mol. The summed E-state index contributed by atoms with van der Waals surface area (Å²) in [7, 11) is 0. The van der Waals surface area contributed by atoms with Gasteiger partial charge in [-0.2, -0.15) is 18.3 Å². The van der Waals surface area contributed by atoms with Crippen molar-refractivity contribution in [3.05, 3.63) is 87.2 Å². The number of amides is 1. The highest BCUT2D eigenvalue weighted by Crippen LogP contribution is 2.28. The Morgan fingerprint density at radius 2 is 1.58 bits per heavy atom. The second kappa shape index (κ2) is 11.3. The summed E-state index contributed by atoms with van der Waals surface area (Å²) in [6, 6.07) is 15.2. The molecule has 0 fully saturated rings. The van der Waals surface area contributed by atoms with Crippen LogP contribution in [0.5, 0.6) is 0 Å². The van der Waals surface area contributed by atoms with Gasteiger partial charge in [0.15, 0.2) is 0 Å². The van der Waals surface area contributed by atoms with Gasteiger partial charge in [0, 0.05) is 27.7 Å². The predicted octanol–water partition coefficient (Wildman–Crippen LogP) is 5.94. The van der Waals surface area contributed by atoms with E-state index in [-0.39, 0.29) is 5.92 Å². The van der Waals surface area contributed by atoms with E-state index in [1.54, 1.807) is 51.1 Å². The van der Waals surface area contributed by atoms with Gasteiger partial charge in [-0.15, -0.1) is 0 Å². The molecule has 3 unspecified atom stereocenters. The quantitative estimate of drug-likeness (QED) is 0.358. The third-order valence-electron chi connectivity index (χ3n) is 5.58. The van der Waals surface area contributed by atoms with Gasteiger partial charge < -0.3 is 10.1 Å². The van der Waals surface area contributed by atoms with Crippen molar-refractivity contribution in [3.8, 4) is 0 Å². The van der Waals surface area contributed by atoms with Crippen molar-refractivity contribution < 1.29 is 27.5 Å². The number of benzene rings is 2. The van der Waals surface area contributed by atoms with Crippen molar-refractivity contribution in [2.75, 3.05) is 0 Å². The summed E-state index contributed by atoms with van der Waals surface area (Å²) in [4.78, 5) is 24.8. The molecule has 6 nitrogen and oxygen atoms in total. The first-order chi connectivity index (χ1) is 16.8. The summed E-state index contributed by atoms with van der Waals surface area (Å²) < 4.78 is 44.4. The zero-order chi connectivity index (χ0) is 26.6. The van der Waals surface area contributed by atoms with Gasteiger partial charge in [0.05, 0.1) is 5.69 Å². The second-order valence-corrected chi connectivity index (χ2v) is 9.29. The third kappa shape index (κ3) is 7.01. The number of carbonyl (C=O) groups is 2. The van der Waals surface area contributed by atoms with E-state index in [2.05, 4.69) is 15.2 Å². The molecule has 0 saturated carbocycles. The molecule has 0 aliphatic heterocycles. The molecular weight excluding hydrogens is 518 g/mol. The van der Waals surface area contributed by atoms with Crippen LogP contribution in [0.1, 0.15) is 41.6 Å². The van der Waals surface area contributed by atoms with Gasteiger partial charge >= 0.3 is 12.1 Å². The number of nitrogens with one attached hydrogen (secondary N) is 1. The lowest BCUT2D eigenvalue weighted by Gasteiger charge is -2.28. The number of carbonyl (C=O) groups excluding carboxylic acids is 2. The smallest absolute Gasteiger partial charge is 0.423 e. The second-order valence-electron chi connectivity index (χ2n) is 8.41. The number of nitrogens with zero attached hydrogens (tertiary/aromatic N) is 2. The van der Waals surface area contributed by atoms with Gasteiger partial charge in [-0.1, -0.05) is 47.5 Å². The highest BCUT2D eigenvalue weighted by Gasteiger charge is 2.44. The number of hydrogen-bond donors (Lipinski definition) is 1. The maximum Gasteiger partial charge on any atom is 0.491 e. The maximum absolute atomic E-state index is 13.2. The van der Waals surface area contributed by atoms with Crippen LogP contribution in [0.2, 0.25) is 10.0 Å². The molecule has 3 rings (SSSR count). The number of hydrogen-bond acceptors (Lipinski definition) is 4. The summed E-state index contributed by atoms with van der Waals surface area (Å²) in [6.45, 7) is 4.87. The first-order valence-electron chi connectivity index (χ1n) is 11.0. The molecule has 11 heteroatoms. The van der Waals surface area contributed by atoms with Crippen molar-refractivity contribution in [1.82, 2.24) is 15.1 Å². The van der Waals surface area contributed by atoms with Crippen LogP contribution in [0.25, 0.3) is 0 Å². The van der Waals surface area contributed by atoms with Crippen LogP contribution in [-0.4, -0.2) is 33.9 Å². The number of halogens is 5. The highest BCUT2D eigenvalue weighted by molar-refractivity contribution is 6.30. The first-order valence-corrected chi connectivity index (χ1v) is 11.7. The minimum Gasteiger partial charge on any atom is -0.423 e. The highest BCUT2D eigenvalue weighted by atomic mass is 35.5. The zero-order valence-electron chi connectivity index (χ0n) is 19.6. The van der Waals surface area contributed by atoms with Gasteiger partial charge in [0.2, 0.25) is 0 Å². The molecule has 0 aliphatic carbocycles. The van der Waals surface area contributed by atoms with E-state index in [1.807, 2.05) is 24.3 Å². The van der Waals surface area contributed by atoms with E-state index in [4.69, 9.17) is 23.2 Å². The average molecular weight is 542 g/mol. The normalized spacial score (nSPS) is 14.1. The van der Waals surface area contributed by atoms with Crippen molar-refractivity contribution in [2.24, 2.45) is 0 Å². The lowest BCUT2D eigenvalue weighted by Crippen LogP contribution is -2.44. The fraction of sp³-hybridized carbons (Fsp3) is 0.320. The minimum atomic E-state index is -5.28. The summed E-state index contributed by atoms with van der Waals surface area (Å²) in [5.74, 6) is -3.73. The molecular formula is C25H24Cl2F3N3O3. The Morgan fingerprint density at radius 3 is 2.08 bits per heavy atom. The number of alkyl halides is 3. The van der Waals surface area contributed by atoms with E-state index in [0.29, 0.717) is 27.9 Å². The Balaban J connectivity index is 1.90. The molecule has 0 spiro atoms. The Labute approximate surface area is 216 Å². The summed E-state index contributed by atoms with van der Waals surface area (Å²) in [6.07, 6.45) is -6.75. The SMILES string of the molecule is Cc1cc(C)n(C(OC(=O)C(F)(F)F)C(=O)NC(C)C(Cc2ccc(Cl)cc2)c2ccc(Cl)cc2)n1. The molecule has 3 atom stereocenters. The Hall–Kier alpha value is -3.04. The van der Waals surface area contributed by atoms with E-state index < -0.39 is 30.3 Å². The van der Waals surface area contributed by atoms with Crippen LogP contribution in [-0.2, 0) is 20.7 Å². The average Bonchev–Trinajstić information content (AvgIpc) is 3.14. The molecule has 1 amide bonds. The molecule has 0 radical (unpaired) electrons. The Morgan fingerprint density at radius 1 is 1.03 bits per heavy atom. The Kier molecular flexibility index (Phi) is 8.68. The number of aromatic nitrogens is 2. The number of rotatable bonds is 8. The van der Waals surface area contributed by atoms with Crippen molar-refractivity contribution in [3.63, 3.8) is 0 Å². The fourth-order valence-electron chi connectivity index (χ4n) is 3.83. The van der Waals surface area contributed by atoms with E-state index in [9.17, 15) is 22.8 Å². The number of aryl methyl sites for hydroxylation is 2. The molecule has 0 bridgehead atoms. The van der Waals surface area contributed by atoms with Gasteiger partial charge in [-0.3, -0.25) is 4.79 Å². The van der Waals surface area contributed by atoms with Gasteiger partial charge in [-0.25, -0.2) is 9.48 Å². The van der Waals surface area contributed by atoms with E-state index in [0.717, 1.165) is 15.8 Å². The van der Waals surface area contributed by atoms with Crippen LogP contribution in [0.3, 0.4) is 0 Å². The fourth-order valence-corrected chi connectivity index (χ4v) is 4.08. The molecule has 0 aliphatic rings. The van der Waals surface area contributed by atoms with E-state index >= 15 is 0 Å². The maximum atomic E-state index is 13.2. The van der Waals surface area contributed by atoms with Crippen LogP contribution in [0.4, 0.5) is 13.2 Å². The van der Waals surface area contributed by atoms with Crippen molar-refractivity contribution in [1.29, 1.82) is 0 Å². The zero-order valence-corrected chi connectivity index (χ0v) is 21.2. The Bertz CT molecular complexity index is 1210. The topological polar surface area (TPSA) is 73.2 Å². The van der Waals surface area contributed by atoms with E-state index in [1.165, 1.54) is 0 Å². The lowest BCUT2D eigenvalue weighted by molar-refractivity contribution is -0.210. The summed E-state index contributed by atoms with van der Waals surface area (Å²) >= 11 is 12.0. The summed E-state index contributed by atoms with van der Waals surface area (Å²) in [5.41, 5.74) is 2.57. The molecule has 3 aromatic rings. The van der Waals surface area contributed by atoms with Crippen LogP contribution in [0.15, 0.2) is 54.6 Å². The van der Waals surface area contributed by atoms with Gasteiger partial charge in [0.25, 0.3) is 12.1 Å². The van der Waals surface area contributed by atoms with Crippen molar-refractivity contribution >= 4 is 35.1 Å². The minimum absolute atomic E-state index is 0.299.